The third-order valence-corrected chi connectivity index (χ3v) is 4.38. The van der Waals surface area contributed by atoms with Crippen LogP contribution in [0.4, 0.5) is 0 Å². The van der Waals surface area contributed by atoms with E-state index in [0.717, 1.165) is 58.9 Å². The Labute approximate surface area is 175 Å². The number of hydrogen-bond acceptors (Lipinski definition) is 6. The topological polar surface area (TPSA) is 77.7 Å². The van der Waals surface area contributed by atoms with E-state index in [1.54, 1.807) is 7.11 Å². The number of hydrogen-bond donors (Lipinski definition) is 4. The molecule has 1 saturated heterocycles. The molecule has 4 N–H and O–H groups in total. The van der Waals surface area contributed by atoms with Gasteiger partial charge in [-0.2, -0.15) is 0 Å². The maximum Gasteiger partial charge on any atom is 2.00 e. The standard InChI is InChI=1S/C19H33N5O2.Zn/c1-26-15-12-23-19(25)18-4-2-17(3-5-18)16-24-13-10-21-8-6-20-7-9-22-11-14-24;/h2-5,20-22H,6-16H2,1H3,(H,23,25);/q;+2. The Morgan fingerprint density at radius 1 is 1.00 bits per heavy atom. The van der Waals surface area contributed by atoms with Crippen LogP contribution in [0.25, 0.3) is 0 Å². The van der Waals surface area contributed by atoms with Crippen LogP contribution in [-0.2, 0) is 30.8 Å². The number of nitrogens with one attached hydrogen (secondary N) is 4. The summed E-state index contributed by atoms with van der Waals surface area (Å²) in [7, 11) is 1.63. The van der Waals surface area contributed by atoms with Gasteiger partial charge >= 0.3 is 19.5 Å². The van der Waals surface area contributed by atoms with E-state index in [-0.39, 0.29) is 25.4 Å². The van der Waals surface area contributed by atoms with Gasteiger partial charge < -0.3 is 26.0 Å². The first kappa shape index (κ1) is 24.2. The van der Waals surface area contributed by atoms with E-state index in [2.05, 4.69) is 26.2 Å². The monoisotopic (exact) mass is 427 g/mol. The van der Waals surface area contributed by atoms with Crippen LogP contribution in [0.1, 0.15) is 15.9 Å². The molecule has 146 valence electrons. The molecule has 1 aromatic rings. The molecule has 0 aromatic heterocycles. The van der Waals surface area contributed by atoms with E-state index in [4.69, 9.17) is 4.74 Å². The largest absolute Gasteiger partial charge is 2.00 e. The summed E-state index contributed by atoms with van der Waals surface area (Å²) in [5.74, 6) is -0.0538. The van der Waals surface area contributed by atoms with Gasteiger partial charge in [0.2, 0.25) is 0 Å². The zero-order chi connectivity index (χ0) is 18.5. The Morgan fingerprint density at radius 3 is 2.11 bits per heavy atom. The summed E-state index contributed by atoms with van der Waals surface area (Å²) in [6, 6.07) is 7.89. The normalized spacial score (nSPS) is 17.2. The molecule has 1 aliphatic rings. The molecule has 0 unspecified atom stereocenters. The maximum absolute atomic E-state index is 12.0. The smallest absolute Gasteiger partial charge is 0.383 e. The van der Waals surface area contributed by atoms with Crippen molar-refractivity contribution >= 4 is 5.91 Å². The Balaban J connectivity index is 0.00000364. The number of benzene rings is 1. The van der Waals surface area contributed by atoms with Gasteiger partial charge in [0.1, 0.15) is 0 Å². The number of carbonyl (C=O) groups excluding carboxylic acids is 1. The number of carbonyl (C=O) groups is 1. The number of nitrogens with zero attached hydrogens (tertiary/aromatic N) is 1. The van der Waals surface area contributed by atoms with Gasteiger partial charge in [-0.05, 0) is 17.7 Å². The summed E-state index contributed by atoms with van der Waals surface area (Å²) in [6.45, 7) is 9.97. The molecule has 0 aliphatic carbocycles. The van der Waals surface area contributed by atoms with Crippen molar-refractivity contribution < 1.29 is 29.0 Å². The second-order valence-electron chi connectivity index (χ2n) is 6.47. The molecular formula is C19H33N5O2Zn+2. The summed E-state index contributed by atoms with van der Waals surface area (Å²) in [6.07, 6.45) is 0. The predicted molar refractivity (Wildman–Crippen MR) is 105 cm³/mol. The van der Waals surface area contributed by atoms with Gasteiger partial charge in [0.05, 0.1) is 6.61 Å². The Morgan fingerprint density at radius 2 is 1.56 bits per heavy atom. The van der Waals surface area contributed by atoms with Gasteiger partial charge in [-0.15, -0.1) is 0 Å². The third-order valence-electron chi connectivity index (χ3n) is 4.38. The van der Waals surface area contributed by atoms with Gasteiger partial charge in [-0.25, -0.2) is 0 Å². The average Bonchev–Trinajstić information content (AvgIpc) is 2.64. The van der Waals surface area contributed by atoms with Crippen molar-refractivity contribution in [3.8, 4) is 0 Å². The minimum absolute atomic E-state index is 0. The molecule has 7 nitrogen and oxygen atoms in total. The maximum atomic E-state index is 12.0. The van der Waals surface area contributed by atoms with Crippen LogP contribution in [0.2, 0.25) is 0 Å². The first-order chi connectivity index (χ1) is 12.8. The van der Waals surface area contributed by atoms with Gasteiger partial charge in [0.15, 0.2) is 0 Å². The van der Waals surface area contributed by atoms with E-state index in [0.29, 0.717) is 18.7 Å². The summed E-state index contributed by atoms with van der Waals surface area (Å²) in [5.41, 5.74) is 1.92. The van der Waals surface area contributed by atoms with Crippen LogP contribution < -0.4 is 21.3 Å². The SMILES string of the molecule is COCCNC(=O)c1ccc(CN2CCNCCNCCNCC2)cc1.[Zn+2]. The fourth-order valence-electron chi connectivity index (χ4n) is 2.86. The van der Waals surface area contributed by atoms with Gasteiger partial charge in [-0.3, -0.25) is 9.69 Å². The van der Waals surface area contributed by atoms with E-state index in [1.807, 2.05) is 24.3 Å². The average molecular weight is 429 g/mol. The van der Waals surface area contributed by atoms with Crippen molar-refractivity contribution in [2.45, 2.75) is 6.54 Å². The number of amides is 1. The first-order valence-electron chi connectivity index (χ1n) is 9.50. The number of rotatable bonds is 6. The Bertz CT molecular complexity index is 503. The van der Waals surface area contributed by atoms with Crippen LogP contribution in [0.3, 0.4) is 0 Å². The summed E-state index contributed by atoms with van der Waals surface area (Å²) < 4.78 is 4.95. The van der Waals surface area contributed by atoms with Gasteiger partial charge in [-0.1, -0.05) is 12.1 Å². The minimum atomic E-state index is -0.0538. The number of ether oxygens (including phenoxy) is 1. The molecule has 0 saturated carbocycles. The van der Waals surface area contributed by atoms with Crippen LogP contribution in [0, 0.1) is 0 Å². The van der Waals surface area contributed by atoms with Crippen molar-refractivity contribution in [3.63, 3.8) is 0 Å². The zero-order valence-corrected chi connectivity index (χ0v) is 19.5. The molecule has 1 amide bonds. The molecule has 0 radical (unpaired) electrons. The van der Waals surface area contributed by atoms with Crippen molar-refractivity contribution in [3.05, 3.63) is 35.4 Å². The van der Waals surface area contributed by atoms with E-state index >= 15 is 0 Å². The predicted octanol–water partition coefficient (Wildman–Crippen LogP) is -0.355. The van der Waals surface area contributed by atoms with Crippen molar-refractivity contribution in [2.75, 3.05) is 72.6 Å². The number of methoxy groups -OCH3 is 1. The van der Waals surface area contributed by atoms with Crippen molar-refractivity contribution in [1.82, 2.24) is 26.2 Å². The minimum Gasteiger partial charge on any atom is -0.383 e. The summed E-state index contributed by atoms with van der Waals surface area (Å²) in [5, 5.41) is 13.2. The second-order valence-corrected chi connectivity index (χ2v) is 6.47. The molecule has 0 bridgehead atoms. The van der Waals surface area contributed by atoms with Crippen LogP contribution >= 0.6 is 0 Å². The molecule has 2 rings (SSSR count). The molecular weight excluding hydrogens is 396 g/mol. The molecule has 27 heavy (non-hydrogen) atoms. The van der Waals surface area contributed by atoms with Crippen molar-refractivity contribution in [1.29, 1.82) is 0 Å². The van der Waals surface area contributed by atoms with Crippen LogP contribution in [0.15, 0.2) is 24.3 Å². The second kappa shape index (κ2) is 15.1. The summed E-state index contributed by atoms with van der Waals surface area (Å²) >= 11 is 0. The van der Waals surface area contributed by atoms with Crippen LogP contribution in [-0.4, -0.2) is 83.4 Å². The Hall–Kier alpha value is -0.887. The van der Waals surface area contributed by atoms with Crippen LogP contribution in [0.5, 0.6) is 0 Å². The van der Waals surface area contributed by atoms with Gasteiger partial charge in [0, 0.05) is 78.1 Å². The molecule has 1 aromatic carbocycles. The van der Waals surface area contributed by atoms with E-state index in [1.165, 1.54) is 5.56 Å². The molecule has 1 aliphatic heterocycles. The van der Waals surface area contributed by atoms with Crippen molar-refractivity contribution in [2.24, 2.45) is 0 Å². The van der Waals surface area contributed by atoms with Gasteiger partial charge in [0.25, 0.3) is 5.91 Å². The third kappa shape index (κ3) is 10.3. The van der Waals surface area contributed by atoms with E-state index < -0.39 is 0 Å². The first-order valence-corrected chi connectivity index (χ1v) is 9.50. The van der Waals surface area contributed by atoms with E-state index in [9.17, 15) is 4.79 Å². The zero-order valence-electron chi connectivity index (χ0n) is 16.6. The fourth-order valence-corrected chi connectivity index (χ4v) is 2.86. The molecule has 0 spiro atoms. The molecule has 8 heteroatoms. The molecule has 1 fully saturated rings. The fraction of sp³-hybridized carbons (Fsp3) is 0.632. The quantitative estimate of drug-likeness (QED) is 0.366. The Kier molecular flexibility index (Phi) is 13.5. The molecule has 1 heterocycles. The summed E-state index contributed by atoms with van der Waals surface area (Å²) in [4.78, 5) is 14.5. The molecule has 0 atom stereocenters.